The molecule has 2 saturated heterocycles. The average molecular weight is 445 g/mol. The van der Waals surface area contributed by atoms with E-state index in [0.29, 0.717) is 5.69 Å². The summed E-state index contributed by atoms with van der Waals surface area (Å²) in [6.07, 6.45) is 9.34. The number of likely N-dealkylation sites (tertiary alicyclic amines) is 1. The minimum Gasteiger partial charge on any atom is -0.355 e. The summed E-state index contributed by atoms with van der Waals surface area (Å²) in [5.74, 6) is 0.588. The van der Waals surface area contributed by atoms with E-state index in [1.807, 2.05) is 6.07 Å². The molecule has 1 N–H and O–H groups in total. The molecule has 2 fully saturated rings. The zero-order chi connectivity index (χ0) is 21.6. The highest BCUT2D eigenvalue weighted by Crippen LogP contribution is 2.29. The van der Waals surface area contributed by atoms with E-state index in [1.54, 1.807) is 12.3 Å². The first kappa shape index (κ1) is 22.0. The third-order valence-corrected chi connectivity index (χ3v) is 6.59. The number of halogens is 2. The molecular weight excluding hydrogens is 415 g/mol. The van der Waals surface area contributed by atoms with Gasteiger partial charge < -0.3 is 15.1 Å². The standard InChI is InChI=1S/C24H30ClFN4O/c25-20-15-19(16-21(26)17-20)24(31)28-22-5-4-9-27-23(22)30-13-7-18(8-14-30)6-12-29-10-2-1-3-11-29/h4-5,9,15-18H,1-3,6-8,10-14H2,(H,28,31). The van der Waals surface area contributed by atoms with Crippen LogP contribution in [0.5, 0.6) is 0 Å². The van der Waals surface area contributed by atoms with Gasteiger partial charge in [0.25, 0.3) is 5.91 Å². The first-order chi connectivity index (χ1) is 15.1. The van der Waals surface area contributed by atoms with E-state index in [1.165, 1.54) is 63.5 Å². The Morgan fingerprint density at radius 2 is 1.90 bits per heavy atom. The van der Waals surface area contributed by atoms with Gasteiger partial charge in [0.15, 0.2) is 5.82 Å². The molecule has 1 aromatic carbocycles. The number of anilines is 2. The molecule has 1 amide bonds. The summed E-state index contributed by atoms with van der Waals surface area (Å²) in [5, 5.41) is 3.08. The van der Waals surface area contributed by atoms with Crippen molar-refractivity contribution in [3.8, 4) is 0 Å². The van der Waals surface area contributed by atoms with Gasteiger partial charge in [-0.15, -0.1) is 0 Å². The summed E-state index contributed by atoms with van der Waals surface area (Å²) in [4.78, 5) is 22.0. The van der Waals surface area contributed by atoms with Crippen LogP contribution in [0.1, 0.15) is 48.9 Å². The van der Waals surface area contributed by atoms with Crippen molar-refractivity contribution in [1.29, 1.82) is 0 Å². The quantitative estimate of drug-likeness (QED) is 0.663. The Morgan fingerprint density at radius 1 is 1.13 bits per heavy atom. The molecule has 0 radical (unpaired) electrons. The van der Waals surface area contributed by atoms with Gasteiger partial charge in [-0.2, -0.15) is 0 Å². The van der Waals surface area contributed by atoms with Gasteiger partial charge in [-0.05, 0) is 88.0 Å². The van der Waals surface area contributed by atoms with Gasteiger partial charge in [-0.3, -0.25) is 4.79 Å². The lowest BCUT2D eigenvalue weighted by Gasteiger charge is -2.35. The Hall–Kier alpha value is -2.18. The van der Waals surface area contributed by atoms with Gasteiger partial charge in [-0.1, -0.05) is 18.0 Å². The molecule has 31 heavy (non-hydrogen) atoms. The molecule has 0 aliphatic carbocycles. The smallest absolute Gasteiger partial charge is 0.255 e. The highest BCUT2D eigenvalue weighted by atomic mass is 35.5. The normalized spacial score (nSPS) is 18.2. The summed E-state index contributed by atoms with van der Waals surface area (Å²) < 4.78 is 13.6. The molecule has 2 aliphatic rings. The van der Waals surface area contributed by atoms with Crippen LogP contribution in [-0.2, 0) is 0 Å². The second kappa shape index (κ2) is 10.4. The Bertz CT molecular complexity index is 875. The Morgan fingerprint density at radius 3 is 2.65 bits per heavy atom. The fraction of sp³-hybridized carbons (Fsp3) is 0.500. The number of rotatable bonds is 6. The molecule has 0 saturated carbocycles. The fourth-order valence-electron chi connectivity index (χ4n) is 4.61. The van der Waals surface area contributed by atoms with Crippen molar-refractivity contribution in [3.63, 3.8) is 0 Å². The second-order valence-electron chi connectivity index (χ2n) is 8.61. The molecule has 4 rings (SSSR count). The van der Waals surface area contributed by atoms with Crippen LogP contribution in [0.15, 0.2) is 36.5 Å². The number of pyridine rings is 1. The minimum absolute atomic E-state index is 0.191. The largest absolute Gasteiger partial charge is 0.355 e. The van der Waals surface area contributed by atoms with Crippen molar-refractivity contribution in [2.24, 2.45) is 5.92 Å². The summed E-state index contributed by atoms with van der Waals surface area (Å²) in [5.41, 5.74) is 0.830. The van der Waals surface area contributed by atoms with E-state index in [4.69, 9.17) is 11.6 Å². The zero-order valence-corrected chi connectivity index (χ0v) is 18.6. The minimum atomic E-state index is -0.532. The lowest BCUT2D eigenvalue weighted by atomic mass is 9.93. The topological polar surface area (TPSA) is 48.5 Å². The van der Waals surface area contributed by atoms with Crippen molar-refractivity contribution in [3.05, 3.63) is 52.9 Å². The predicted molar refractivity (Wildman–Crippen MR) is 123 cm³/mol. The Balaban J connectivity index is 1.35. The molecule has 2 aliphatic heterocycles. The van der Waals surface area contributed by atoms with E-state index >= 15 is 0 Å². The van der Waals surface area contributed by atoms with Crippen LogP contribution in [0, 0.1) is 11.7 Å². The van der Waals surface area contributed by atoms with Gasteiger partial charge in [0.05, 0.1) is 5.69 Å². The molecule has 0 bridgehead atoms. The van der Waals surface area contributed by atoms with Crippen molar-refractivity contribution in [2.75, 3.05) is 42.9 Å². The van der Waals surface area contributed by atoms with Crippen LogP contribution in [0.4, 0.5) is 15.9 Å². The lowest BCUT2D eigenvalue weighted by molar-refractivity contribution is 0.102. The summed E-state index contributed by atoms with van der Waals surface area (Å²) in [6, 6.07) is 7.46. The SMILES string of the molecule is O=C(Nc1cccnc1N1CCC(CCN2CCCCC2)CC1)c1cc(F)cc(Cl)c1. The van der Waals surface area contributed by atoms with Gasteiger partial charge in [-0.25, -0.2) is 9.37 Å². The Labute approximate surface area is 188 Å². The fourth-order valence-corrected chi connectivity index (χ4v) is 4.83. The second-order valence-corrected chi connectivity index (χ2v) is 9.04. The van der Waals surface area contributed by atoms with Crippen LogP contribution in [-0.4, -0.2) is 48.5 Å². The first-order valence-corrected chi connectivity index (χ1v) is 11.7. The molecule has 1 aromatic heterocycles. The molecule has 0 spiro atoms. The summed E-state index contributed by atoms with van der Waals surface area (Å²) in [6.45, 7) is 5.58. The molecule has 7 heteroatoms. The predicted octanol–water partition coefficient (Wildman–Crippen LogP) is 5.22. The molecule has 3 heterocycles. The molecule has 5 nitrogen and oxygen atoms in total. The molecular formula is C24H30ClFN4O. The molecule has 0 unspecified atom stereocenters. The van der Waals surface area contributed by atoms with Gasteiger partial charge in [0, 0.05) is 29.9 Å². The van der Waals surface area contributed by atoms with E-state index in [0.717, 1.165) is 37.7 Å². The lowest BCUT2D eigenvalue weighted by Crippen LogP contribution is -2.37. The van der Waals surface area contributed by atoms with Crippen molar-refractivity contribution in [2.45, 2.75) is 38.5 Å². The van der Waals surface area contributed by atoms with Gasteiger partial charge in [0.1, 0.15) is 5.82 Å². The van der Waals surface area contributed by atoms with Crippen LogP contribution in [0.2, 0.25) is 5.02 Å². The van der Waals surface area contributed by atoms with Crippen molar-refractivity contribution >= 4 is 29.0 Å². The highest BCUT2D eigenvalue weighted by Gasteiger charge is 2.23. The van der Waals surface area contributed by atoms with Crippen LogP contribution in [0.25, 0.3) is 0 Å². The van der Waals surface area contributed by atoms with Gasteiger partial charge >= 0.3 is 0 Å². The number of nitrogens with one attached hydrogen (secondary N) is 1. The van der Waals surface area contributed by atoms with Crippen LogP contribution >= 0.6 is 11.6 Å². The molecule has 166 valence electrons. The number of hydrogen-bond acceptors (Lipinski definition) is 4. The third kappa shape index (κ3) is 5.95. The average Bonchev–Trinajstić information content (AvgIpc) is 2.78. The van der Waals surface area contributed by atoms with Crippen LogP contribution < -0.4 is 10.2 Å². The number of hydrogen-bond donors (Lipinski definition) is 1. The maximum absolute atomic E-state index is 13.6. The zero-order valence-electron chi connectivity index (χ0n) is 17.8. The number of amides is 1. The number of carbonyl (C=O) groups excluding carboxylic acids is 1. The first-order valence-electron chi connectivity index (χ1n) is 11.3. The number of piperidine rings is 2. The third-order valence-electron chi connectivity index (χ3n) is 6.38. The number of carbonyl (C=O) groups is 1. The van der Waals surface area contributed by atoms with E-state index in [9.17, 15) is 9.18 Å². The van der Waals surface area contributed by atoms with Crippen molar-refractivity contribution < 1.29 is 9.18 Å². The van der Waals surface area contributed by atoms with Gasteiger partial charge in [0.2, 0.25) is 0 Å². The number of aromatic nitrogens is 1. The molecule has 2 aromatic rings. The van der Waals surface area contributed by atoms with E-state index in [-0.39, 0.29) is 10.6 Å². The Kier molecular flexibility index (Phi) is 7.41. The summed E-state index contributed by atoms with van der Waals surface area (Å²) in [7, 11) is 0. The van der Waals surface area contributed by atoms with Crippen molar-refractivity contribution in [1.82, 2.24) is 9.88 Å². The summed E-state index contributed by atoms with van der Waals surface area (Å²) >= 11 is 5.90. The monoisotopic (exact) mass is 444 g/mol. The van der Waals surface area contributed by atoms with Crippen LogP contribution in [0.3, 0.4) is 0 Å². The molecule has 0 atom stereocenters. The van der Waals surface area contributed by atoms with E-state index in [2.05, 4.69) is 20.1 Å². The van der Waals surface area contributed by atoms with E-state index < -0.39 is 11.7 Å². The number of nitrogens with zero attached hydrogens (tertiary/aromatic N) is 3. The maximum Gasteiger partial charge on any atom is 0.255 e. The maximum atomic E-state index is 13.6. The number of benzene rings is 1. The highest BCUT2D eigenvalue weighted by molar-refractivity contribution is 6.31.